The van der Waals surface area contributed by atoms with Crippen LogP contribution >= 0.6 is 11.3 Å². The van der Waals surface area contributed by atoms with Crippen LogP contribution in [0.25, 0.3) is 10.7 Å². The second kappa shape index (κ2) is 9.29. The molecule has 0 radical (unpaired) electrons. The highest BCUT2D eigenvalue weighted by Crippen LogP contribution is 2.43. The van der Waals surface area contributed by atoms with Crippen molar-refractivity contribution >= 4 is 29.6 Å². The number of rotatable bonds is 9. The molecule has 0 aromatic carbocycles. The average Bonchev–Trinajstić information content (AvgIpc) is 3.47. The van der Waals surface area contributed by atoms with E-state index in [4.69, 9.17) is 0 Å². The van der Waals surface area contributed by atoms with Crippen molar-refractivity contribution < 1.29 is 14.0 Å². The molecule has 5 rings (SSSR count). The maximum absolute atomic E-state index is 14.3. The second-order valence-electron chi connectivity index (χ2n) is 8.40. The molecule has 3 amide bonds. The van der Waals surface area contributed by atoms with Gasteiger partial charge in [-0.25, -0.2) is 14.2 Å². The van der Waals surface area contributed by atoms with Crippen molar-refractivity contribution in [3.05, 3.63) is 53.0 Å². The number of thiazole rings is 1. The fourth-order valence-electron chi connectivity index (χ4n) is 4.22. The zero-order chi connectivity index (χ0) is 23.5. The Labute approximate surface area is 199 Å². The summed E-state index contributed by atoms with van der Waals surface area (Å²) < 4.78 is 14.3. The van der Waals surface area contributed by atoms with Crippen LogP contribution in [0.2, 0.25) is 0 Å². The lowest BCUT2D eigenvalue weighted by Gasteiger charge is -2.41. The van der Waals surface area contributed by atoms with E-state index in [1.54, 1.807) is 18.5 Å². The minimum Gasteiger partial charge on any atom is -0.368 e. The molecule has 1 atom stereocenters. The molecule has 0 unspecified atom stereocenters. The first kappa shape index (κ1) is 22.1. The number of carbonyl (C=O) groups is 2. The maximum Gasteiger partial charge on any atom is 0.316 e. The van der Waals surface area contributed by atoms with E-state index in [-0.39, 0.29) is 23.4 Å². The number of hydrogen-bond donors (Lipinski definition) is 3. The highest BCUT2D eigenvalue weighted by Gasteiger charge is 2.41. The van der Waals surface area contributed by atoms with Crippen molar-refractivity contribution in [2.24, 2.45) is 0 Å². The zero-order valence-corrected chi connectivity index (χ0v) is 19.0. The minimum absolute atomic E-state index is 0.273. The van der Waals surface area contributed by atoms with Gasteiger partial charge in [0.1, 0.15) is 28.5 Å². The number of anilines is 1. The lowest BCUT2D eigenvalue weighted by molar-refractivity contribution is -0.120. The number of nitrogens with one attached hydrogen (secondary N) is 3. The van der Waals surface area contributed by atoms with Crippen molar-refractivity contribution in [3.63, 3.8) is 0 Å². The topological polar surface area (TPSA) is 125 Å². The van der Waals surface area contributed by atoms with E-state index in [0.29, 0.717) is 48.3 Å². The standard InChI is InChI=1S/C22H23FN8O2S/c23-15-3-1-8-24-19(15)22(6-2-7-22)12-27-17-5-4-16(29-30-17)20-25-9-14(34-20)11-31(13-32)18-10-26-21(33)28-18/h1,3-5,8-9,13,18H,2,6-7,10-12H2,(H,27,30)(H2,26,28,33)/t18-/m0/s1. The molecule has 2 aliphatic rings. The number of carbonyl (C=O) groups excluding carboxylic acids is 2. The molecule has 2 fully saturated rings. The molecular formula is C22H23FN8O2S. The molecule has 3 N–H and O–H groups in total. The molecule has 1 aliphatic carbocycles. The van der Waals surface area contributed by atoms with E-state index in [1.165, 1.54) is 22.3 Å². The predicted molar refractivity (Wildman–Crippen MR) is 123 cm³/mol. The quantitative estimate of drug-likeness (QED) is 0.400. The number of hydrogen-bond acceptors (Lipinski definition) is 8. The Morgan fingerprint density at radius 1 is 1.26 bits per heavy atom. The number of pyridine rings is 1. The van der Waals surface area contributed by atoms with E-state index < -0.39 is 0 Å². The van der Waals surface area contributed by atoms with E-state index >= 15 is 0 Å². The normalized spacial score (nSPS) is 18.5. The maximum atomic E-state index is 14.3. The van der Waals surface area contributed by atoms with Gasteiger partial charge in [0.05, 0.1) is 18.8 Å². The SMILES string of the molecule is O=CN(Cc1cnc(-c2ccc(NCC3(c4ncccc4F)CCC3)nn2)s1)[C@H]1CNC(=O)N1. The number of nitrogens with zero attached hydrogens (tertiary/aromatic N) is 5. The first-order valence-corrected chi connectivity index (χ1v) is 11.8. The summed E-state index contributed by atoms with van der Waals surface area (Å²) in [6.07, 6.45) is 6.43. The first-order chi connectivity index (χ1) is 16.6. The molecule has 34 heavy (non-hydrogen) atoms. The van der Waals surface area contributed by atoms with Crippen LogP contribution in [0.5, 0.6) is 0 Å². The zero-order valence-electron chi connectivity index (χ0n) is 18.2. The van der Waals surface area contributed by atoms with E-state index in [9.17, 15) is 14.0 Å². The molecule has 0 bridgehead atoms. The van der Waals surface area contributed by atoms with E-state index in [0.717, 1.165) is 24.1 Å². The lowest BCUT2D eigenvalue weighted by Crippen LogP contribution is -2.43. The molecule has 0 spiro atoms. The van der Waals surface area contributed by atoms with Crippen LogP contribution in [0.15, 0.2) is 36.7 Å². The molecule has 4 heterocycles. The Balaban J connectivity index is 1.22. The van der Waals surface area contributed by atoms with Gasteiger partial charge in [-0.15, -0.1) is 21.5 Å². The van der Waals surface area contributed by atoms with Gasteiger partial charge in [-0.05, 0) is 37.1 Å². The average molecular weight is 483 g/mol. The fourth-order valence-corrected chi connectivity index (χ4v) is 5.11. The Kier molecular flexibility index (Phi) is 6.05. The van der Waals surface area contributed by atoms with E-state index in [1.807, 2.05) is 12.1 Å². The largest absolute Gasteiger partial charge is 0.368 e. The molecule has 3 aromatic rings. The van der Waals surface area contributed by atoms with Gasteiger partial charge in [0.15, 0.2) is 0 Å². The summed E-state index contributed by atoms with van der Waals surface area (Å²) in [5, 5.41) is 17.8. The molecule has 12 heteroatoms. The van der Waals surface area contributed by atoms with Gasteiger partial charge in [-0.1, -0.05) is 6.42 Å². The van der Waals surface area contributed by atoms with Gasteiger partial charge in [0.2, 0.25) is 6.41 Å². The van der Waals surface area contributed by atoms with Crippen LogP contribution in [0.3, 0.4) is 0 Å². The number of urea groups is 1. The third kappa shape index (κ3) is 4.40. The van der Waals surface area contributed by atoms with Crippen LogP contribution in [0.4, 0.5) is 15.0 Å². The summed E-state index contributed by atoms with van der Waals surface area (Å²) in [6, 6.07) is 6.41. The van der Waals surface area contributed by atoms with Gasteiger partial charge in [0, 0.05) is 29.2 Å². The van der Waals surface area contributed by atoms with Gasteiger partial charge in [-0.2, -0.15) is 0 Å². The highest BCUT2D eigenvalue weighted by molar-refractivity contribution is 7.15. The third-order valence-corrected chi connectivity index (χ3v) is 7.25. The molecule has 1 aliphatic heterocycles. The summed E-state index contributed by atoms with van der Waals surface area (Å²) >= 11 is 1.41. The van der Waals surface area contributed by atoms with E-state index in [2.05, 4.69) is 36.1 Å². The van der Waals surface area contributed by atoms with Gasteiger partial charge in [-0.3, -0.25) is 9.78 Å². The van der Waals surface area contributed by atoms with Crippen molar-refractivity contribution in [1.29, 1.82) is 0 Å². The van der Waals surface area contributed by atoms with Crippen molar-refractivity contribution in [3.8, 4) is 10.7 Å². The molecule has 10 nitrogen and oxygen atoms in total. The number of amides is 3. The van der Waals surface area contributed by atoms with Crippen LogP contribution in [0, 0.1) is 5.82 Å². The smallest absolute Gasteiger partial charge is 0.316 e. The first-order valence-electron chi connectivity index (χ1n) is 11.0. The van der Waals surface area contributed by atoms with Crippen molar-refractivity contribution in [1.82, 2.24) is 35.7 Å². The third-order valence-electron chi connectivity index (χ3n) is 6.24. The molecule has 176 valence electrons. The molecular weight excluding hydrogens is 459 g/mol. The second-order valence-corrected chi connectivity index (χ2v) is 9.52. The van der Waals surface area contributed by atoms with Crippen molar-refractivity contribution in [2.45, 2.75) is 37.4 Å². The highest BCUT2D eigenvalue weighted by atomic mass is 32.1. The van der Waals surface area contributed by atoms with Gasteiger partial charge < -0.3 is 20.9 Å². The Bertz CT molecular complexity index is 1180. The van der Waals surface area contributed by atoms with Crippen LogP contribution in [-0.2, 0) is 16.8 Å². The predicted octanol–water partition coefficient (Wildman–Crippen LogP) is 2.27. The minimum atomic E-state index is -0.390. The Morgan fingerprint density at radius 3 is 2.79 bits per heavy atom. The van der Waals surface area contributed by atoms with Crippen molar-refractivity contribution in [2.75, 3.05) is 18.4 Å². The van der Waals surface area contributed by atoms with Crippen LogP contribution in [0.1, 0.15) is 29.8 Å². The van der Waals surface area contributed by atoms with Gasteiger partial charge in [0.25, 0.3) is 0 Å². The van der Waals surface area contributed by atoms with Gasteiger partial charge >= 0.3 is 6.03 Å². The lowest BCUT2D eigenvalue weighted by atomic mass is 9.66. The summed E-state index contributed by atoms with van der Waals surface area (Å²) in [5.41, 5.74) is 0.796. The fraction of sp³-hybridized carbons (Fsp3) is 0.364. The van der Waals surface area contributed by atoms with Crippen LogP contribution < -0.4 is 16.0 Å². The summed E-state index contributed by atoms with van der Waals surface area (Å²) in [4.78, 5) is 33.9. The summed E-state index contributed by atoms with van der Waals surface area (Å²) in [5.74, 6) is 0.324. The Hall–Kier alpha value is -3.67. The number of halogens is 1. The molecule has 3 aromatic heterocycles. The Morgan fingerprint density at radius 2 is 2.15 bits per heavy atom. The van der Waals surface area contributed by atoms with Crippen LogP contribution in [-0.4, -0.2) is 56.8 Å². The molecule has 1 saturated carbocycles. The summed E-state index contributed by atoms with van der Waals surface area (Å²) in [7, 11) is 0. The summed E-state index contributed by atoms with van der Waals surface area (Å²) in [6.45, 7) is 1.22. The monoisotopic (exact) mass is 482 g/mol. The number of aromatic nitrogens is 4. The molecule has 1 saturated heterocycles.